The number of anilines is 1. The summed E-state index contributed by atoms with van der Waals surface area (Å²) in [5.41, 5.74) is 2.50. The van der Waals surface area contributed by atoms with Gasteiger partial charge in [0.15, 0.2) is 0 Å². The molecule has 5 nitrogen and oxygen atoms in total. The lowest BCUT2D eigenvalue weighted by molar-refractivity contribution is 0.277. The summed E-state index contributed by atoms with van der Waals surface area (Å²) in [5.74, 6) is 2.05. The highest BCUT2D eigenvalue weighted by Gasteiger charge is 2.29. The van der Waals surface area contributed by atoms with Crippen molar-refractivity contribution in [1.29, 1.82) is 0 Å². The summed E-state index contributed by atoms with van der Waals surface area (Å²) >= 11 is 0. The van der Waals surface area contributed by atoms with E-state index in [1.807, 2.05) is 0 Å². The fourth-order valence-corrected chi connectivity index (χ4v) is 2.36. The van der Waals surface area contributed by atoms with Crippen molar-refractivity contribution in [2.24, 2.45) is 0 Å². The van der Waals surface area contributed by atoms with Crippen LogP contribution in [0.3, 0.4) is 0 Å². The number of benzene rings is 1. The Hall–Kier alpha value is -1.88. The lowest BCUT2D eigenvalue weighted by Gasteiger charge is -2.17. The summed E-state index contributed by atoms with van der Waals surface area (Å²) in [4.78, 5) is 4.31. The molecule has 1 saturated carbocycles. The molecule has 0 N–H and O–H groups in total. The molecule has 0 spiro atoms. The lowest BCUT2D eigenvalue weighted by Crippen LogP contribution is -2.18. The third kappa shape index (κ3) is 3.61. The predicted molar refractivity (Wildman–Crippen MR) is 82.2 cm³/mol. The minimum Gasteiger partial charge on any atom is -0.424 e. The van der Waals surface area contributed by atoms with Gasteiger partial charge in [-0.15, -0.1) is 10.2 Å². The Labute approximate surface area is 125 Å². The second-order valence-corrected chi connectivity index (χ2v) is 6.04. The maximum Gasteiger partial charge on any atom is 0.230 e. The maximum absolute atomic E-state index is 5.71. The van der Waals surface area contributed by atoms with Gasteiger partial charge in [0, 0.05) is 32.2 Å². The molecule has 5 heteroatoms. The highest BCUT2D eigenvalue weighted by atomic mass is 16.4. The summed E-state index contributed by atoms with van der Waals surface area (Å²) in [6, 6.07) is 8.56. The normalized spacial score (nSPS) is 14.7. The summed E-state index contributed by atoms with van der Waals surface area (Å²) in [6.45, 7) is 1.55. The third-order valence-corrected chi connectivity index (χ3v) is 3.69. The van der Waals surface area contributed by atoms with Crippen LogP contribution in [0.2, 0.25) is 0 Å². The van der Waals surface area contributed by atoms with Crippen LogP contribution < -0.4 is 4.90 Å². The molecule has 3 rings (SSSR count). The smallest absolute Gasteiger partial charge is 0.230 e. The molecule has 2 aromatic rings. The van der Waals surface area contributed by atoms with Gasteiger partial charge in [0.2, 0.25) is 11.8 Å². The zero-order valence-electron chi connectivity index (χ0n) is 12.9. The molecule has 1 aliphatic carbocycles. The van der Waals surface area contributed by atoms with Gasteiger partial charge >= 0.3 is 0 Å². The van der Waals surface area contributed by atoms with Crippen LogP contribution >= 0.6 is 0 Å². The Bertz CT molecular complexity index is 604. The minimum atomic E-state index is 0.522. The molecular formula is C16H22N4O. The van der Waals surface area contributed by atoms with Crippen molar-refractivity contribution in [3.05, 3.63) is 41.6 Å². The predicted octanol–water partition coefficient (Wildman–Crippen LogP) is 2.65. The van der Waals surface area contributed by atoms with Gasteiger partial charge in [0.1, 0.15) is 0 Å². The van der Waals surface area contributed by atoms with Crippen LogP contribution in [0.25, 0.3) is 0 Å². The van der Waals surface area contributed by atoms with Crippen LogP contribution in [0, 0.1) is 0 Å². The Kier molecular flexibility index (Phi) is 3.92. The summed E-state index contributed by atoms with van der Waals surface area (Å²) < 4.78 is 5.71. The largest absolute Gasteiger partial charge is 0.424 e. The number of hydrogen-bond donors (Lipinski definition) is 0. The zero-order valence-corrected chi connectivity index (χ0v) is 12.9. The van der Waals surface area contributed by atoms with Gasteiger partial charge in [-0.3, -0.25) is 4.90 Å². The average Bonchev–Trinajstić information content (AvgIpc) is 3.20. The molecule has 0 radical (unpaired) electrons. The van der Waals surface area contributed by atoms with Gasteiger partial charge in [-0.05, 0) is 37.6 Å². The molecular weight excluding hydrogens is 264 g/mol. The Morgan fingerprint density at radius 3 is 2.67 bits per heavy atom. The van der Waals surface area contributed by atoms with Gasteiger partial charge in [-0.2, -0.15) is 0 Å². The number of aromatic nitrogens is 2. The minimum absolute atomic E-state index is 0.522. The van der Waals surface area contributed by atoms with Gasteiger partial charge < -0.3 is 9.32 Å². The Morgan fingerprint density at radius 2 is 1.95 bits per heavy atom. The van der Waals surface area contributed by atoms with Crippen LogP contribution in [0.5, 0.6) is 0 Å². The summed E-state index contributed by atoms with van der Waals surface area (Å²) in [5, 5.41) is 8.26. The standard InChI is InChI=1S/C16H22N4O/c1-19(2)14-6-4-5-12(9-14)10-20(3)11-15-17-18-16(21-15)13-7-8-13/h4-6,9,13H,7-8,10-11H2,1-3H3. The summed E-state index contributed by atoms with van der Waals surface area (Å²) in [6.07, 6.45) is 2.38. The first-order chi connectivity index (χ1) is 10.1. The molecule has 0 saturated heterocycles. The van der Waals surface area contributed by atoms with Gasteiger partial charge in [0.05, 0.1) is 6.54 Å². The average molecular weight is 286 g/mol. The first-order valence-corrected chi connectivity index (χ1v) is 7.39. The van der Waals surface area contributed by atoms with Gasteiger partial charge in [-0.1, -0.05) is 12.1 Å². The van der Waals surface area contributed by atoms with Crippen molar-refractivity contribution < 1.29 is 4.42 Å². The molecule has 0 bridgehead atoms. The molecule has 21 heavy (non-hydrogen) atoms. The molecule has 1 aromatic carbocycles. The van der Waals surface area contributed by atoms with E-state index in [0.717, 1.165) is 12.4 Å². The first-order valence-electron chi connectivity index (χ1n) is 7.39. The molecule has 0 unspecified atom stereocenters. The van der Waals surface area contributed by atoms with Gasteiger partial charge in [-0.25, -0.2) is 0 Å². The number of nitrogens with zero attached hydrogens (tertiary/aromatic N) is 4. The molecule has 1 heterocycles. The van der Waals surface area contributed by atoms with Crippen LogP contribution in [0.1, 0.15) is 36.1 Å². The van der Waals surface area contributed by atoms with Crippen LogP contribution in [0.15, 0.2) is 28.7 Å². The van der Waals surface area contributed by atoms with E-state index >= 15 is 0 Å². The van der Waals surface area contributed by atoms with Crippen molar-refractivity contribution in [3.8, 4) is 0 Å². The zero-order chi connectivity index (χ0) is 14.8. The first kappa shape index (κ1) is 14.1. The monoisotopic (exact) mass is 286 g/mol. The van der Waals surface area contributed by atoms with E-state index in [1.54, 1.807) is 0 Å². The van der Waals surface area contributed by atoms with Crippen LogP contribution in [-0.2, 0) is 13.1 Å². The number of rotatable bonds is 6. The van der Waals surface area contributed by atoms with Crippen molar-refractivity contribution in [2.75, 3.05) is 26.0 Å². The van der Waals surface area contributed by atoms with E-state index in [9.17, 15) is 0 Å². The Morgan fingerprint density at radius 1 is 1.14 bits per heavy atom. The van der Waals surface area contributed by atoms with Crippen molar-refractivity contribution in [3.63, 3.8) is 0 Å². The lowest BCUT2D eigenvalue weighted by atomic mass is 10.2. The molecule has 112 valence electrons. The fraction of sp³-hybridized carbons (Fsp3) is 0.500. The third-order valence-electron chi connectivity index (χ3n) is 3.69. The van der Waals surface area contributed by atoms with E-state index in [0.29, 0.717) is 18.4 Å². The topological polar surface area (TPSA) is 45.4 Å². The fourth-order valence-electron chi connectivity index (χ4n) is 2.36. The quantitative estimate of drug-likeness (QED) is 0.817. The SMILES string of the molecule is CN(Cc1cccc(N(C)C)c1)Cc1nnc(C2CC2)o1. The second kappa shape index (κ2) is 5.85. The Balaban J connectivity index is 1.59. The van der Waals surface area contributed by atoms with Crippen molar-refractivity contribution >= 4 is 5.69 Å². The van der Waals surface area contributed by atoms with Gasteiger partial charge in [0.25, 0.3) is 0 Å². The maximum atomic E-state index is 5.71. The van der Waals surface area contributed by atoms with E-state index in [-0.39, 0.29) is 0 Å². The highest BCUT2D eigenvalue weighted by Crippen LogP contribution is 2.39. The number of hydrogen-bond acceptors (Lipinski definition) is 5. The summed E-state index contributed by atoms with van der Waals surface area (Å²) in [7, 11) is 6.19. The van der Waals surface area contributed by atoms with E-state index in [2.05, 4.69) is 65.4 Å². The molecule has 0 aliphatic heterocycles. The van der Waals surface area contributed by atoms with Crippen LogP contribution in [-0.4, -0.2) is 36.2 Å². The van der Waals surface area contributed by atoms with Crippen molar-refractivity contribution in [1.82, 2.24) is 15.1 Å². The molecule has 0 atom stereocenters. The molecule has 1 aliphatic rings. The van der Waals surface area contributed by atoms with E-state index in [1.165, 1.54) is 24.1 Å². The van der Waals surface area contributed by atoms with E-state index in [4.69, 9.17) is 4.42 Å². The molecule has 1 fully saturated rings. The van der Waals surface area contributed by atoms with Crippen LogP contribution in [0.4, 0.5) is 5.69 Å². The van der Waals surface area contributed by atoms with Crippen molar-refractivity contribution in [2.45, 2.75) is 31.8 Å². The second-order valence-electron chi connectivity index (χ2n) is 6.04. The van der Waals surface area contributed by atoms with E-state index < -0.39 is 0 Å². The molecule has 0 amide bonds. The highest BCUT2D eigenvalue weighted by molar-refractivity contribution is 5.47. The molecule has 1 aromatic heterocycles.